The molecule has 0 aromatic carbocycles. The third-order valence-corrected chi connectivity index (χ3v) is 3.50. The van der Waals surface area contributed by atoms with Gasteiger partial charge in [0.1, 0.15) is 5.60 Å². The van der Waals surface area contributed by atoms with Gasteiger partial charge in [-0.25, -0.2) is 4.79 Å². The van der Waals surface area contributed by atoms with Crippen LogP contribution in [-0.2, 0) is 9.53 Å². The lowest BCUT2D eigenvalue weighted by Crippen LogP contribution is -2.55. The van der Waals surface area contributed by atoms with Crippen LogP contribution >= 0.6 is 0 Å². The normalized spacial score (nSPS) is 23.1. The number of ether oxygens (including phenoxy) is 1. The third kappa shape index (κ3) is 5.00. The van der Waals surface area contributed by atoms with Crippen LogP contribution in [0.3, 0.4) is 0 Å². The van der Waals surface area contributed by atoms with Gasteiger partial charge in [-0.1, -0.05) is 12.8 Å². The molecule has 0 spiro atoms. The summed E-state index contributed by atoms with van der Waals surface area (Å²) >= 11 is 0. The number of rotatable bonds is 3. The van der Waals surface area contributed by atoms with Crippen molar-refractivity contribution < 1.29 is 14.3 Å². The van der Waals surface area contributed by atoms with Crippen LogP contribution in [0.5, 0.6) is 0 Å². The average molecular weight is 285 g/mol. The molecule has 1 aliphatic rings. The van der Waals surface area contributed by atoms with Gasteiger partial charge in [0.2, 0.25) is 5.91 Å². The second-order valence-electron chi connectivity index (χ2n) is 6.31. The smallest absolute Gasteiger partial charge is 0.407 e. The average Bonchev–Trinajstić information content (AvgIpc) is 2.35. The Bertz CT molecular complexity index is 352. The van der Waals surface area contributed by atoms with Crippen molar-refractivity contribution in [2.24, 2.45) is 5.73 Å². The summed E-state index contributed by atoms with van der Waals surface area (Å²) in [7, 11) is 1.74. The topological polar surface area (TPSA) is 84.7 Å². The SMILES string of the molecule is CN(C(=O)CN)[C@H]1CCCC[C@H]1NC(=O)OC(C)(C)C. The highest BCUT2D eigenvalue weighted by molar-refractivity contribution is 5.78. The highest BCUT2D eigenvalue weighted by Gasteiger charge is 2.32. The van der Waals surface area contributed by atoms with Crippen molar-refractivity contribution in [1.29, 1.82) is 0 Å². The molecular weight excluding hydrogens is 258 g/mol. The molecule has 0 aromatic heterocycles. The van der Waals surface area contributed by atoms with E-state index in [-0.39, 0.29) is 24.5 Å². The first kappa shape index (κ1) is 16.8. The number of likely N-dealkylation sites (N-methyl/N-ethyl adjacent to an activating group) is 1. The number of alkyl carbamates (subject to hydrolysis) is 1. The van der Waals surface area contributed by atoms with Crippen molar-refractivity contribution in [3.63, 3.8) is 0 Å². The fraction of sp³-hybridized carbons (Fsp3) is 0.857. The summed E-state index contributed by atoms with van der Waals surface area (Å²) in [6.45, 7) is 5.48. The molecule has 0 aliphatic heterocycles. The van der Waals surface area contributed by atoms with Crippen LogP contribution in [0.1, 0.15) is 46.5 Å². The first-order chi connectivity index (χ1) is 9.24. The fourth-order valence-corrected chi connectivity index (χ4v) is 2.53. The van der Waals surface area contributed by atoms with E-state index in [9.17, 15) is 9.59 Å². The number of hydrogen-bond donors (Lipinski definition) is 2. The van der Waals surface area contributed by atoms with Gasteiger partial charge in [0.15, 0.2) is 0 Å². The molecule has 1 rings (SSSR count). The molecule has 116 valence electrons. The Labute approximate surface area is 121 Å². The van der Waals surface area contributed by atoms with E-state index in [2.05, 4.69) is 5.32 Å². The maximum Gasteiger partial charge on any atom is 0.407 e. The Balaban J connectivity index is 2.65. The van der Waals surface area contributed by atoms with Crippen molar-refractivity contribution in [1.82, 2.24) is 10.2 Å². The summed E-state index contributed by atoms with van der Waals surface area (Å²) in [6.07, 6.45) is 3.40. The Hall–Kier alpha value is -1.30. The first-order valence-electron chi connectivity index (χ1n) is 7.20. The zero-order chi connectivity index (χ0) is 15.3. The zero-order valence-corrected chi connectivity index (χ0v) is 12.9. The van der Waals surface area contributed by atoms with E-state index >= 15 is 0 Å². The molecule has 0 heterocycles. The van der Waals surface area contributed by atoms with Gasteiger partial charge in [0.05, 0.1) is 18.6 Å². The van der Waals surface area contributed by atoms with Crippen LogP contribution in [0.25, 0.3) is 0 Å². The van der Waals surface area contributed by atoms with E-state index in [4.69, 9.17) is 10.5 Å². The maximum atomic E-state index is 11.9. The second kappa shape index (κ2) is 6.92. The lowest BCUT2D eigenvalue weighted by atomic mass is 9.89. The Morgan fingerprint density at radius 3 is 2.45 bits per heavy atom. The van der Waals surface area contributed by atoms with E-state index in [0.717, 1.165) is 25.7 Å². The molecule has 0 saturated heterocycles. The quantitative estimate of drug-likeness (QED) is 0.817. The lowest BCUT2D eigenvalue weighted by Gasteiger charge is -2.38. The van der Waals surface area contributed by atoms with Crippen LogP contribution in [0.4, 0.5) is 4.79 Å². The van der Waals surface area contributed by atoms with Crippen LogP contribution in [0.2, 0.25) is 0 Å². The number of amides is 2. The molecule has 3 N–H and O–H groups in total. The van der Waals surface area contributed by atoms with Gasteiger partial charge in [-0.2, -0.15) is 0 Å². The van der Waals surface area contributed by atoms with Crippen LogP contribution < -0.4 is 11.1 Å². The Kier molecular flexibility index (Phi) is 5.80. The van der Waals surface area contributed by atoms with Crippen LogP contribution in [0.15, 0.2) is 0 Å². The molecular formula is C14H27N3O3. The number of carbonyl (C=O) groups excluding carboxylic acids is 2. The number of nitrogens with two attached hydrogens (primary N) is 1. The Morgan fingerprint density at radius 2 is 1.90 bits per heavy atom. The fourth-order valence-electron chi connectivity index (χ4n) is 2.53. The standard InChI is InChI=1S/C14H27N3O3/c1-14(2,3)20-13(19)16-10-7-5-6-8-11(10)17(4)12(18)9-15/h10-11H,5-9,15H2,1-4H3,(H,16,19)/t10-,11+/m1/s1. The van der Waals surface area contributed by atoms with Gasteiger partial charge in [-0.05, 0) is 33.6 Å². The second-order valence-corrected chi connectivity index (χ2v) is 6.31. The third-order valence-electron chi connectivity index (χ3n) is 3.50. The molecule has 20 heavy (non-hydrogen) atoms. The highest BCUT2D eigenvalue weighted by Crippen LogP contribution is 2.23. The summed E-state index contributed by atoms with van der Waals surface area (Å²) in [5.74, 6) is -0.104. The highest BCUT2D eigenvalue weighted by atomic mass is 16.6. The van der Waals surface area contributed by atoms with Crippen LogP contribution in [-0.4, -0.2) is 48.2 Å². The number of carbonyl (C=O) groups is 2. The molecule has 0 unspecified atom stereocenters. The monoisotopic (exact) mass is 285 g/mol. The number of nitrogens with one attached hydrogen (secondary N) is 1. The maximum absolute atomic E-state index is 11.9. The van der Waals surface area contributed by atoms with Crippen molar-refractivity contribution in [2.45, 2.75) is 64.1 Å². The van der Waals surface area contributed by atoms with Crippen molar-refractivity contribution in [3.05, 3.63) is 0 Å². The molecule has 6 nitrogen and oxygen atoms in total. The van der Waals surface area contributed by atoms with Crippen molar-refractivity contribution >= 4 is 12.0 Å². The van der Waals surface area contributed by atoms with Crippen LogP contribution in [0, 0.1) is 0 Å². The van der Waals surface area contributed by atoms with Gasteiger partial charge in [-0.15, -0.1) is 0 Å². The Morgan fingerprint density at radius 1 is 1.30 bits per heavy atom. The van der Waals surface area contributed by atoms with E-state index in [1.807, 2.05) is 20.8 Å². The zero-order valence-electron chi connectivity index (χ0n) is 12.9. The molecule has 2 atom stereocenters. The van der Waals surface area contributed by atoms with Crippen molar-refractivity contribution in [2.75, 3.05) is 13.6 Å². The summed E-state index contributed by atoms with van der Waals surface area (Å²) < 4.78 is 5.28. The lowest BCUT2D eigenvalue weighted by molar-refractivity contribution is -0.131. The summed E-state index contributed by atoms with van der Waals surface area (Å²) in [4.78, 5) is 25.3. The molecule has 0 radical (unpaired) electrons. The molecule has 2 amide bonds. The van der Waals surface area contributed by atoms with E-state index in [1.54, 1.807) is 11.9 Å². The summed E-state index contributed by atoms with van der Waals surface area (Å²) in [5, 5.41) is 2.89. The molecule has 6 heteroatoms. The summed E-state index contributed by atoms with van der Waals surface area (Å²) in [6, 6.07) is -0.0774. The molecule has 0 bridgehead atoms. The number of hydrogen-bond acceptors (Lipinski definition) is 4. The predicted octanol–water partition coefficient (Wildman–Crippen LogP) is 1.24. The minimum Gasteiger partial charge on any atom is -0.444 e. The van der Waals surface area contributed by atoms with Crippen molar-refractivity contribution in [3.8, 4) is 0 Å². The van der Waals surface area contributed by atoms with E-state index in [1.165, 1.54) is 0 Å². The first-order valence-corrected chi connectivity index (χ1v) is 7.20. The molecule has 0 aromatic rings. The predicted molar refractivity (Wildman–Crippen MR) is 77.2 cm³/mol. The molecule has 1 aliphatic carbocycles. The van der Waals surface area contributed by atoms with Gasteiger partial charge in [0, 0.05) is 7.05 Å². The summed E-state index contributed by atoms with van der Waals surface area (Å²) in [5.41, 5.74) is 4.89. The molecule has 1 saturated carbocycles. The minimum absolute atomic E-state index is 0.00711. The van der Waals surface area contributed by atoms with E-state index in [0.29, 0.717) is 0 Å². The van der Waals surface area contributed by atoms with Gasteiger partial charge in [0.25, 0.3) is 0 Å². The largest absolute Gasteiger partial charge is 0.444 e. The molecule has 1 fully saturated rings. The minimum atomic E-state index is -0.521. The van der Waals surface area contributed by atoms with Gasteiger partial charge in [-0.3, -0.25) is 4.79 Å². The van der Waals surface area contributed by atoms with Gasteiger partial charge >= 0.3 is 6.09 Å². The van der Waals surface area contributed by atoms with E-state index < -0.39 is 11.7 Å². The number of nitrogens with zero attached hydrogens (tertiary/aromatic N) is 1. The van der Waals surface area contributed by atoms with Gasteiger partial charge < -0.3 is 20.7 Å².